The van der Waals surface area contributed by atoms with Gasteiger partial charge in [0.05, 0.1) is 0 Å². The number of benzene rings is 2. The summed E-state index contributed by atoms with van der Waals surface area (Å²) in [5, 5.41) is 3.77. The zero-order valence-corrected chi connectivity index (χ0v) is 14.4. The summed E-state index contributed by atoms with van der Waals surface area (Å²) >= 11 is 0. The zero-order chi connectivity index (χ0) is 16.2. The fourth-order valence-electron chi connectivity index (χ4n) is 4.27. The van der Waals surface area contributed by atoms with E-state index in [4.69, 9.17) is 0 Å². The summed E-state index contributed by atoms with van der Waals surface area (Å²) < 4.78 is 0. The van der Waals surface area contributed by atoms with Gasteiger partial charge < -0.3 is 5.32 Å². The second-order valence-corrected chi connectivity index (χ2v) is 7.18. The van der Waals surface area contributed by atoms with Crippen molar-refractivity contribution < 1.29 is 0 Å². The van der Waals surface area contributed by atoms with E-state index < -0.39 is 0 Å². The second kappa shape index (κ2) is 7.36. The van der Waals surface area contributed by atoms with Crippen molar-refractivity contribution in [3.05, 3.63) is 76.9 Å². The molecule has 1 saturated carbocycles. The lowest BCUT2D eigenvalue weighted by molar-refractivity contribution is 0.385. The third kappa shape index (κ3) is 3.32. The van der Waals surface area contributed by atoms with Crippen molar-refractivity contribution in [3.63, 3.8) is 0 Å². The highest BCUT2D eigenvalue weighted by Gasteiger charge is 2.17. The van der Waals surface area contributed by atoms with Crippen LogP contribution < -0.4 is 5.32 Å². The third-order valence-corrected chi connectivity index (χ3v) is 5.60. The molecule has 2 aliphatic rings. The van der Waals surface area contributed by atoms with Crippen LogP contribution >= 0.6 is 0 Å². The van der Waals surface area contributed by atoms with Crippen LogP contribution in [0.4, 0.5) is 0 Å². The molecule has 4 rings (SSSR count). The lowest BCUT2D eigenvalue weighted by Gasteiger charge is -2.22. The number of fused-ring (bicyclic) bond motifs is 2. The van der Waals surface area contributed by atoms with Crippen LogP contribution in [0.1, 0.15) is 54.4 Å². The topological polar surface area (TPSA) is 12.0 Å². The Hall–Kier alpha value is -1.86. The molecule has 0 unspecified atom stereocenters. The summed E-state index contributed by atoms with van der Waals surface area (Å²) in [5.74, 6) is 0. The highest BCUT2D eigenvalue weighted by atomic mass is 14.9. The molecule has 0 aromatic heterocycles. The van der Waals surface area contributed by atoms with E-state index in [1.807, 2.05) is 0 Å². The molecule has 1 fully saturated rings. The zero-order valence-electron chi connectivity index (χ0n) is 14.4. The van der Waals surface area contributed by atoms with E-state index in [1.165, 1.54) is 59.9 Å². The van der Waals surface area contributed by atoms with Crippen molar-refractivity contribution in [2.45, 2.75) is 51.0 Å². The first-order chi connectivity index (χ1) is 11.9. The molecule has 1 heteroatoms. The minimum atomic E-state index is 0.715. The molecule has 1 N–H and O–H groups in total. The molecule has 124 valence electrons. The van der Waals surface area contributed by atoms with Crippen LogP contribution in [-0.4, -0.2) is 12.6 Å². The monoisotopic (exact) mass is 317 g/mol. The number of aryl methyl sites for hydroxylation is 2. The highest BCUT2D eigenvalue weighted by molar-refractivity contribution is 5.84. The van der Waals surface area contributed by atoms with Crippen LogP contribution in [0.5, 0.6) is 0 Å². The molecule has 0 saturated heterocycles. The Labute approximate surface area is 145 Å². The molecule has 0 amide bonds. The maximum absolute atomic E-state index is 3.77. The van der Waals surface area contributed by atoms with Gasteiger partial charge >= 0.3 is 0 Å². The van der Waals surface area contributed by atoms with Gasteiger partial charge in [-0.15, -0.1) is 0 Å². The van der Waals surface area contributed by atoms with Gasteiger partial charge in [-0.3, -0.25) is 0 Å². The van der Waals surface area contributed by atoms with Gasteiger partial charge in [0.1, 0.15) is 0 Å². The first-order valence-electron chi connectivity index (χ1n) is 9.52. The average molecular weight is 317 g/mol. The van der Waals surface area contributed by atoms with Gasteiger partial charge in [0.25, 0.3) is 0 Å². The van der Waals surface area contributed by atoms with Gasteiger partial charge in [-0.1, -0.05) is 73.9 Å². The van der Waals surface area contributed by atoms with Crippen LogP contribution in [0.2, 0.25) is 0 Å². The molecule has 0 heterocycles. The summed E-state index contributed by atoms with van der Waals surface area (Å²) in [6.07, 6.45) is 11.6. The minimum absolute atomic E-state index is 0.715. The first kappa shape index (κ1) is 15.7. The van der Waals surface area contributed by atoms with E-state index in [0.717, 1.165) is 19.4 Å². The highest BCUT2D eigenvalue weighted by Crippen LogP contribution is 2.33. The van der Waals surface area contributed by atoms with Gasteiger partial charge in [-0.25, -0.2) is 0 Å². The molecule has 24 heavy (non-hydrogen) atoms. The van der Waals surface area contributed by atoms with Crippen LogP contribution in [0, 0.1) is 0 Å². The number of rotatable bonds is 3. The largest absolute Gasteiger partial charge is 0.310 e. The van der Waals surface area contributed by atoms with Gasteiger partial charge in [-0.2, -0.15) is 0 Å². The Morgan fingerprint density at radius 3 is 2.00 bits per heavy atom. The van der Waals surface area contributed by atoms with E-state index in [9.17, 15) is 0 Å². The molecular weight excluding hydrogens is 290 g/mol. The molecule has 2 aliphatic carbocycles. The van der Waals surface area contributed by atoms with Crippen molar-refractivity contribution in [3.8, 4) is 0 Å². The maximum Gasteiger partial charge on any atom is 0.0146 e. The van der Waals surface area contributed by atoms with Crippen molar-refractivity contribution in [1.82, 2.24) is 5.32 Å². The quantitative estimate of drug-likeness (QED) is 0.826. The van der Waals surface area contributed by atoms with E-state index in [2.05, 4.69) is 59.9 Å². The Kier molecular flexibility index (Phi) is 4.80. The fraction of sp³-hybridized carbons (Fsp3) is 0.391. The Morgan fingerprint density at radius 1 is 0.792 bits per heavy atom. The van der Waals surface area contributed by atoms with Gasteiger partial charge in [0, 0.05) is 12.6 Å². The summed E-state index contributed by atoms with van der Waals surface area (Å²) in [5.41, 5.74) is 7.23. The predicted octanol–water partition coefficient (Wildman–Crippen LogP) is 5.14. The fourth-order valence-corrected chi connectivity index (χ4v) is 4.27. The Bertz CT molecular complexity index is 673. The standard InChI is InChI=1S/C23H27N/c1-2-10-20(11-3-1)24-17-16-23-21-12-6-4-8-18(21)14-15-19-9-5-7-13-22(19)23/h4-9,12-13,16,20,24H,1-3,10-11,14-15,17H2. The van der Waals surface area contributed by atoms with Gasteiger partial charge in [0.2, 0.25) is 0 Å². The smallest absolute Gasteiger partial charge is 0.0146 e. The van der Waals surface area contributed by atoms with Gasteiger partial charge in [-0.05, 0) is 53.5 Å². The number of nitrogens with one attached hydrogen (secondary N) is 1. The minimum Gasteiger partial charge on any atom is -0.310 e. The molecule has 0 radical (unpaired) electrons. The first-order valence-corrected chi connectivity index (χ1v) is 9.52. The Balaban J connectivity index is 1.63. The average Bonchev–Trinajstić information content (AvgIpc) is 2.80. The second-order valence-electron chi connectivity index (χ2n) is 7.18. The van der Waals surface area contributed by atoms with Crippen LogP contribution in [0.15, 0.2) is 54.6 Å². The summed E-state index contributed by atoms with van der Waals surface area (Å²) in [4.78, 5) is 0. The van der Waals surface area contributed by atoms with Crippen LogP contribution in [-0.2, 0) is 12.8 Å². The van der Waals surface area contributed by atoms with Gasteiger partial charge in [0.15, 0.2) is 0 Å². The van der Waals surface area contributed by atoms with E-state index in [0.29, 0.717) is 6.04 Å². The van der Waals surface area contributed by atoms with Crippen LogP contribution in [0.3, 0.4) is 0 Å². The van der Waals surface area contributed by atoms with Crippen LogP contribution in [0.25, 0.3) is 5.57 Å². The number of hydrogen-bond donors (Lipinski definition) is 1. The van der Waals surface area contributed by atoms with E-state index >= 15 is 0 Å². The molecule has 1 nitrogen and oxygen atoms in total. The summed E-state index contributed by atoms with van der Waals surface area (Å²) in [7, 11) is 0. The van der Waals surface area contributed by atoms with Crippen molar-refractivity contribution in [2.24, 2.45) is 0 Å². The normalized spacial score (nSPS) is 17.8. The predicted molar refractivity (Wildman–Crippen MR) is 102 cm³/mol. The SMILES string of the molecule is C(CNC1CCCCC1)=C1c2ccccc2CCc2ccccc21. The third-order valence-electron chi connectivity index (χ3n) is 5.60. The molecule has 0 bridgehead atoms. The summed E-state index contributed by atoms with van der Waals surface area (Å²) in [6, 6.07) is 18.6. The molecule has 0 aliphatic heterocycles. The summed E-state index contributed by atoms with van der Waals surface area (Å²) in [6.45, 7) is 0.975. The van der Waals surface area contributed by atoms with Crippen molar-refractivity contribution >= 4 is 5.57 Å². The molecule has 2 aromatic rings. The van der Waals surface area contributed by atoms with E-state index in [-0.39, 0.29) is 0 Å². The molecule has 0 spiro atoms. The van der Waals surface area contributed by atoms with E-state index in [1.54, 1.807) is 0 Å². The van der Waals surface area contributed by atoms with Crippen molar-refractivity contribution in [2.75, 3.05) is 6.54 Å². The number of hydrogen-bond acceptors (Lipinski definition) is 1. The molecule has 0 atom stereocenters. The van der Waals surface area contributed by atoms with Crippen molar-refractivity contribution in [1.29, 1.82) is 0 Å². The molecular formula is C23H27N. The lowest BCUT2D eigenvalue weighted by Crippen LogP contribution is -2.31. The Morgan fingerprint density at radius 2 is 1.38 bits per heavy atom. The lowest BCUT2D eigenvalue weighted by atomic mass is 9.93. The molecule has 2 aromatic carbocycles. The maximum atomic E-state index is 3.77.